The molecule has 0 saturated carbocycles. The predicted molar refractivity (Wildman–Crippen MR) is 103 cm³/mol. The summed E-state index contributed by atoms with van der Waals surface area (Å²) in [6.45, 7) is 4.70. The molecule has 8 heteroatoms. The lowest BCUT2D eigenvalue weighted by molar-refractivity contribution is -0.134. The SMILES string of the molecule is COc1cccc(N2CCC(CNC(=O)C3CNCCO3)C2)c1.Cl.Cl. The van der Waals surface area contributed by atoms with Crippen LogP contribution in [0.1, 0.15) is 6.42 Å². The topological polar surface area (TPSA) is 62.8 Å². The van der Waals surface area contributed by atoms with E-state index in [-0.39, 0.29) is 36.8 Å². The van der Waals surface area contributed by atoms with Crippen LogP contribution in [0.4, 0.5) is 5.69 Å². The molecular formula is C17H27Cl2N3O3. The van der Waals surface area contributed by atoms with E-state index in [2.05, 4.69) is 27.7 Å². The Morgan fingerprint density at radius 1 is 1.44 bits per heavy atom. The molecule has 0 spiro atoms. The third kappa shape index (κ3) is 5.92. The zero-order valence-corrected chi connectivity index (χ0v) is 16.0. The predicted octanol–water partition coefficient (Wildman–Crippen LogP) is 1.47. The number of carbonyl (C=O) groups excluding carboxylic acids is 1. The Morgan fingerprint density at radius 3 is 3.00 bits per heavy atom. The maximum absolute atomic E-state index is 12.1. The largest absolute Gasteiger partial charge is 0.497 e. The number of benzene rings is 1. The van der Waals surface area contributed by atoms with E-state index in [4.69, 9.17) is 9.47 Å². The molecule has 2 aliphatic heterocycles. The average Bonchev–Trinajstić information content (AvgIpc) is 3.09. The molecule has 1 amide bonds. The Morgan fingerprint density at radius 2 is 2.28 bits per heavy atom. The Balaban J connectivity index is 0.00000156. The zero-order chi connectivity index (χ0) is 16.1. The molecule has 0 aromatic heterocycles. The van der Waals surface area contributed by atoms with Gasteiger partial charge in [0, 0.05) is 44.5 Å². The number of nitrogens with zero attached hydrogens (tertiary/aromatic N) is 1. The van der Waals surface area contributed by atoms with E-state index in [0.717, 1.165) is 31.8 Å². The van der Waals surface area contributed by atoms with E-state index >= 15 is 0 Å². The monoisotopic (exact) mass is 391 g/mol. The third-order valence-electron chi connectivity index (χ3n) is 4.49. The minimum absolute atomic E-state index is 0. The molecule has 2 fully saturated rings. The maximum Gasteiger partial charge on any atom is 0.250 e. The van der Waals surface area contributed by atoms with Crippen LogP contribution in [0.2, 0.25) is 0 Å². The minimum Gasteiger partial charge on any atom is -0.497 e. The number of carbonyl (C=O) groups is 1. The van der Waals surface area contributed by atoms with E-state index in [1.165, 1.54) is 5.69 Å². The Hall–Kier alpha value is -1.21. The van der Waals surface area contributed by atoms with Gasteiger partial charge in [0.2, 0.25) is 5.91 Å². The lowest BCUT2D eigenvalue weighted by Crippen LogP contribution is -2.48. The molecule has 1 aromatic carbocycles. The lowest BCUT2D eigenvalue weighted by Gasteiger charge is -2.23. The Labute approximate surface area is 161 Å². The molecule has 2 heterocycles. The quantitative estimate of drug-likeness (QED) is 0.795. The number of morpholine rings is 1. The van der Waals surface area contributed by atoms with Crippen molar-refractivity contribution in [1.82, 2.24) is 10.6 Å². The summed E-state index contributed by atoms with van der Waals surface area (Å²) in [6, 6.07) is 8.12. The van der Waals surface area contributed by atoms with Gasteiger partial charge in [-0.15, -0.1) is 24.8 Å². The summed E-state index contributed by atoms with van der Waals surface area (Å²) in [4.78, 5) is 14.4. The number of nitrogens with one attached hydrogen (secondary N) is 2. The van der Waals surface area contributed by atoms with Gasteiger partial charge in [-0.3, -0.25) is 4.79 Å². The highest BCUT2D eigenvalue weighted by molar-refractivity contribution is 5.85. The summed E-state index contributed by atoms with van der Waals surface area (Å²) in [5.41, 5.74) is 1.18. The van der Waals surface area contributed by atoms with Crippen molar-refractivity contribution in [2.24, 2.45) is 5.92 Å². The molecule has 0 aliphatic carbocycles. The van der Waals surface area contributed by atoms with Crippen LogP contribution < -0.4 is 20.3 Å². The molecule has 142 valence electrons. The lowest BCUT2D eigenvalue weighted by atomic mass is 10.1. The highest BCUT2D eigenvalue weighted by atomic mass is 35.5. The Bertz CT molecular complexity index is 542. The van der Waals surface area contributed by atoms with Crippen LogP contribution in [-0.4, -0.2) is 58.5 Å². The molecule has 2 N–H and O–H groups in total. The summed E-state index contributed by atoms with van der Waals surface area (Å²) < 4.78 is 10.8. The first-order valence-corrected chi connectivity index (χ1v) is 8.25. The highest BCUT2D eigenvalue weighted by Gasteiger charge is 2.26. The fourth-order valence-electron chi connectivity index (χ4n) is 3.13. The van der Waals surface area contributed by atoms with Gasteiger partial charge in [0.15, 0.2) is 0 Å². The van der Waals surface area contributed by atoms with E-state index in [9.17, 15) is 4.79 Å². The second kappa shape index (κ2) is 10.7. The zero-order valence-electron chi connectivity index (χ0n) is 14.4. The van der Waals surface area contributed by atoms with Gasteiger partial charge in [-0.2, -0.15) is 0 Å². The van der Waals surface area contributed by atoms with Crippen molar-refractivity contribution < 1.29 is 14.3 Å². The van der Waals surface area contributed by atoms with Crippen LogP contribution in [0.5, 0.6) is 5.75 Å². The van der Waals surface area contributed by atoms with Crippen LogP contribution in [0.3, 0.4) is 0 Å². The summed E-state index contributed by atoms with van der Waals surface area (Å²) >= 11 is 0. The van der Waals surface area contributed by atoms with Crippen molar-refractivity contribution in [1.29, 1.82) is 0 Å². The summed E-state index contributed by atoms with van der Waals surface area (Å²) in [6.07, 6.45) is 0.737. The first-order valence-electron chi connectivity index (χ1n) is 8.25. The first kappa shape index (κ1) is 21.8. The van der Waals surface area contributed by atoms with E-state index in [0.29, 0.717) is 25.6 Å². The van der Waals surface area contributed by atoms with Crippen molar-refractivity contribution in [3.63, 3.8) is 0 Å². The van der Waals surface area contributed by atoms with Gasteiger partial charge in [-0.05, 0) is 24.5 Å². The van der Waals surface area contributed by atoms with Crippen molar-refractivity contribution in [3.8, 4) is 5.75 Å². The standard InChI is InChI=1S/C17H25N3O3.2ClH/c1-22-15-4-2-3-14(9-15)20-7-5-13(12-20)10-19-17(21)16-11-18-6-8-23-16;;/h2-4,9,13,16,18H,5-8,10-12H2,1H3,(H,19,21);2*1H. The molecule has 25 heavy (non-hydrogen) atoms. The molecule has 2 saturated heterocycles. The maximum atomic E-state index is 12.1. The van der Waals surface area contributed by atoms with Gasteiger partial charge >= 0.3 is 0 Å². The molecule has 2 aliphatic rings. The number of rotatable bonds is 5. The van der Waals surface area contributed by atoms with E-state index in [1.807, 2.05) is 12.1 Å². The van der Waals surface area contributed by atoms with Crippen LogP contribution in [0.15, 0.2) is 24.3 Å². The van der Waals surface area contributed by atoms with Gasteiger partial charge in [0.25, 0.3) is 0 Å². The first-order chi connectivity index (χ1) is 11.3. The molecule has 6 nitrogen and oxygen atoms in total. The number of hydrogen-bond acceptors (Lipinski definition) is 5. The molecule has 3 rings (SSSR count). The number of hydrogen-bond donors (Lipinski definition) is 2. The number of ether oxygens (including phenoxy) is 2. The van der Waals surface area contributed by atoms with Crippen LogP contribution in [-0.2, 0) is 9.53 Å². The van der Waals surface area contributed by atoms with Gasteiger partial charge < -0.3 is 25.0 Å². The van der Waals surface area contributed by atoms with Gasteiger partial charge in [-0.1, -0.05) is 6.07 Å². The van der Waals surface area contributed by atoms with Crippen molar-refractivity contribution in [2.45, 2.75) is 12.5 Å². The Kier molecular flexibility index (Phi) is 9.35. The van der Waals surface area contributed by atoms with Gasteiger partial charge in [-0.25, -0.2) is 0 Å². The van der Waals surface area contributed by atoms with Crippen molar-refractivity contribution in [2.75, 3.05) is 51.3 Å². The summed E-state index contributed by atoms with van der Waals surface area (Å²) in [7, 11) is 1.68. The van der Waals surface area contributed by atoms with Crippen LogP contribution in [0, 0.1) is 5.92 Å². The van der Waals surface area contributed by atoms with Gasteiger partial charge in [0.1, 0.15) is 11.9 Å². The van der Waals surface area contributed by atoms with E-state index in [1.54, 1.807) is 7.11 Å². The minimum atomic E-state index is -0.348. The number of methoxy groups -OCH3 is 1. The highest BCUT2D eigenvalue weighted by Crippen LogP contribution is 2.26. The third-order valence-corrected chi connectivity index (χ3v) is 4.49. The second-order valence-electron chi connectivity index (χ2n) is 6.11. The fourth-order valence-corrected chi connectivity index (χ4v) is 3.13. The number of amides is 1. The molecule has 0 radical (unpaired) electrons. The normalized spacial score (nSPS) is 22.5. The van der Waals surface area contributed by atoms with Crippen molar-refractivity contribution >= 4 is 36.4 Å². The molecule has 2 unspecified atom stereocenters. The van der Waals surface area contributed by atoms with Gasteiger partial charge in [0.05, 0.1) is 13.7 Å². The fraction of sp³-hybridized carbons (Fsp3) is 0.588. The summed E-state index contributed by atoms with van der Waals surface area (Å²) in [5, 5.41) is 6.21. The van der Waals surface area contributed by atoms with E-state index < -0.39 is 0 Å². The smallest absolute Gasteiger partial charge is 0.250 e. The van der Waals surface area contributed by atoms with Crippen molar-refractivity contribution in [3.05, 3.63) is 24.3 Å². The molecule has 1 aromatic rings. The number of anilines is 1. The summed E-state index contributed by atoms with van der Waals surface area (Å²) in [5.74, 6) is 1.35. The second-order valence-corrected chi connectivity index (χ2v) is 6.11. The van der Waals surface area contributed by atoms with Crippen LogP contribution in [0.25, 0.3) is 0 Å². The number of halogens is 2. The molecular weight excluding hydrogens is 365 g/mol. The average molecular weight is 392 g/mol. The molecule has 0 bridgehead atoms. The van der Waals surface area contributed by atoms with Crippen LogP contribution >= 0.6 is 24.8 Å². The molecule has 2 atom stereocenters.